The van der Waals surface area contributed by atoms with E-state index in [-0.39, 0.29) is 36.6 Å². The molecule has 1 aromatic carbocycles. The highest BCUT2D eigenvalue weighted by atomic mass is 35.5. The van der Waals surface area contributed by atoms with Gasteiger partial charge in [0.2, 0.25) is 11.8 Å². The Morgan fingerprint density at radius 1 is 1.20 bits per heavy atom. The number of hydrogen-bond acceptors (Lipinski definition) is 3. The summed E-state index contributed by atoms with van der Waals surface area (Å²) >= 11 is 6.00. The van der Waals surface area contributed by atoms with Gasteiger partial charge in [-0.15, -0.1) is 0 Å². The van der Waals surface area contributed by atoms with Gasteiger partial charge in [0.1, 0.15) is 0 Å². The van der Waals surface area contributed by atoms with E-state index >= 15 is 0 Å². The Labute approximate surface area is 151 Å². The summed E-state index contributed by atoms with van der Waals surface area (Å²) in [5, 5.41) is 0.536. The van der Waals surface area contributed by atoms with Crippen molar-refractivity contribution in [3.05, 3.63) is 34.9 Å². The molecule has 0 saturated carbocycles. The first-order valence-electron chi connectivity index (χ1n) is 8.58. The molecule has 7 heteroatoms. The third-order valence-electron chi connectivity index (χ3n) is 5.05. The van der Waals surface area contributed by atoms with Crippen LogP contribution in [0.3, 0.4) is 0 Å². The van der Waals surface area contributed by atoms with Crippen molar-refractivity contribution in [1.29, 1.82) is 0 Å². The predicted octanol–water partition coefficient (Wildman–Crippen LogP) is 1.67. The molecule has 2 unspecified atom stereocenters. The number of nitrogens with two attached hydrogens (primary N) is 1. The molecule has 3 rings (SSSR count). The van der Waals surface area contributed by atoms with Crippen molar-refractivity contribution in [2.24, 2.45) is 11.7 Å². The number of rotatable bonds is 4. The summed E-state index contributed by atoms with van der Waals surface area (Å²) < 4.78 is 0. The molecule has 6 nitrogen and oxygen atoms in total. The summed E-state index contributed by atoms with van der Waals surface area (Å²) in [6.07, 6.45) is 2.13. The van der Waals surface area contributed by atoms with Gasteiger partial charge in [0, 0.05) is 43.1 Å². The molecule has 2 heterocycles. The summed E-state index contributed by atoms with van der Waals surface area (Å²) in [5.74, 6) is -0.288. The number of carbonyl (C=O) groups excluding carboxylic acids is 3. The number of hydrogen-bond donors (Lipinski definition) is 1. The maximum absolute atomic E-state index is 12.9. The van der Waals surface area contributed by atoms with Crippen molar-refractivity contribution in [3.8, 4) is 0 Å². The highest BCUT2D eigenvalue weighted by Crippen LogP contribution is 2.32. The predicted molar refractivity (Wildman–Crippen MR) is 94.0 cm³/mol. The van der Waals surface area contributed by atoms with Crippen LogP contribution < -0.4 is 5.73 Å². The zero-order chi connectivity index (χ0) is 18.0. The van der Waals surface area contributed by atoms with E-state index in [1.165, 1.54) is 0 Å². The number of carbonyl (C=O) groups is 3. The zero-order valence-electron chi connectivity index (χ0n) is 14.0. The minimum Gasteiger partial charge on any atom is -0.370 e. The van der Waals surface area contributed by atoms with E-state index in [9.17, 15) is 14.4 Å². The van der Waals surface area contributed by atoms with Gasteiger partial charge in [-0.1, -0.05) is 17.7 Å². The van der Waals surface area contributed by atoms with E-state index in [0.717, 1.165) is 12.8 Å². The van der Waals surface area contributed by atoms with Gasteiger partial charge >= 0.3 is 0 Å². The van der Waals surface area contributed by atoms with Crippen LogP contribution >= 0.6 is 11.6 Å². The lowest BCUT2D eigenvalue weighted by atomic mass is 9.91. The molecule has 134 valence electrons. The highest BCUT2D eigenvalue weighted by Gasteiger charge is 2.42. The minimum atomic E-state index is -0.470. The van der Waals surface area contributed by atoms with Crippen LogP contribution in [-0.4, -0.2) is 53.2 Å². The SMILES string of the molecule is NC(=O)CCC(=O)N1CC2CCCN(C(=O)c3cccc(Cl)c3)C2C1. The van der Waals surface area contributed by atoms with E-state index in [4.69, 9.17) is 17.3 Å². The summed E-state index contributed by atoms with van der Waals surface area (Å²) in [5.41, 5.74) is 5.70. The lowest BCUT2D eigenvalue weighted by molar-refractivity contribution is -0.132. The number of benzene rings is 1. The molecule has 2 saturated heterocycles. The first kappa shape index (κ1) is 17.7. The topological polar surface area (TPSA) is 83.7 Å². The van der Waals surface area contributed by atoms with E-state index < -0.39 is 5.91 Å². The number of amides is 3. The Bertz CT molecular complexity index is 694. The number of primary amides is 1. The van der Waals surface area contributed by atoms with E-state index in [1.807, 2.05) is 4.90 Å². The molecule has 2 aliphatic heterocycles. The third-order valence-corrected chi connectivity index (χ3v) is 5.29. The second kappa shape index (κ2) is 7.44. The molecule has 3 amide bonds. The smallest absolute Gasteiger partial charge is 0.254 e. The molecular weight excluding hydrogens is 342 g/mol. The van der Waals surface area contributed by atoms with Crippen LogP contribution in [0.4, 0.5) is 0 Å². The van der Waals surface area contributed by atoms with Crippen molar-refractivity contribution >= 4 is 29.3 Å². The van der Waals surface area contributed by atoms with Crippen LogP contribution in [0.1, 0.15) is 36.0 Å². The maximum atomic E-state index is 12.9. The van der Waals surface area contributed by atoms with Crippen molar-refractivity contribution in [2.75, 3.05) is 19.6 Å². The van der Waals surface area contributed by atoms with Crippen LogP contribution in [-0.2, 0) is 9.59 Å². The van der Waals surface area contributed by atoms with Gasteiger partial charge in [0.05, 0.1) is 6.04 Å². The summed E-state index contributed by atoms with van der Waals surface area (Å²) in [6, 6.07) is 6.98. The van der Waals surface area contributed by atoms with Gasteiger partial charge in [-0.25, -0.2) is 0 Å². The summed E-state index contributed by atoms with van der Waals surface area (Å²) in [4.78, 5) is 39.7. The number of piperidine rings is 1. The number of likely N-dealkylation sites (tertiary alicyclic amines) is 2. The average molecular weight is 364 g/mol. The Balaban J connectivity index is 1.70. The fourth-order valence-corrected chi connectivity index (χ4v) is 4.00. The van der Waals surface area contributed by atoms with Crippen molar-refractivity contribution in [2.45, 2.75) is 31.7 Å². The van der Waals surface area contributed by atoms with Crippen LogP contribution in [0.5, 0.6) is 0 Å². The molecule has 25 heavy (non-hydrogen) atoms. The molecule has 1 aromatic rings. The lowest BCUT2D eigenvalue weighted by Crippen LogP contribution is -2.48. The molecule has 0 aromatic heterocycles. The first-order chi connectivity index (χ1) is 12.0. The highest BCUT2D eigenvalue weighted by molar-refractivity contribution is 6.30. The molecule has 0 radical (unpaired) electrons. The van der Waals surface area contributed by atoms with Gasteiger partial charge in [0.15, 0.2) is 0 Å². The zero-order valence-corrected chi connectivity index (χ0v) is 14.7. The van der Waals surface area contributed by atoms with Gasteiger partial charge < -0.3 is 15.5 Å². The molecule has 2 atom stereocenters. The first-order valence-corrected chi connectivity index (χ1v) is 8.96. The molecule has 0 bridgehead atoms. The Hall–Kier alpha value is -2.08. The second-order valence-corrected chi connectivity index (χ2v) is 7.18. The maximum Gasteiger partial charge on any atom is 0.254 e. The van der Waals surface area contributed by atoms with Crippen LogP contribution in [0.2, 0.25) is 5.02 Å². The fourth-order valence-electron chi connectivity index (χ4n) is 3.81. The second-order valence-electron chi connectivity index (χ2n) is 6.74. The monoisotopic (exact) mass is 363 g/mol. The van der Waals surface area contributed by atoms with Gasteiger partial charge in [-0.2, -0.15) is 0 Å². The largest absolute Gasteiger partial charge is 0.370 e. The van der Waals surface area contributed by atoms with Gasteiger partial charge in [-0.3, -0.25) is 14.4 Å². The standard InChI is InChI=1S/C18H22ClN3O3/c19-14-5-1-3-12(9-14)18(25)22-8-2-4-13-10-21(11-15(13)22)17(24)7-6-16(20)23/h1,3,5,9,13,15H,2,4,6-8,10-11H2,(H2,20,23). The molecule has 2 N–H and O–H groups in total. The Morgan fingerprint density at radius 3 is 2.72 bits per heavy atom. The van der Waals surface area contributed by atoms with Crippen molar-refractivity contribution in [1.82, 2.24) is 9.80 Å². The Kier molecular flexibility index (Phi) is 5.27. The van der Waals surface area contributed by atoms with Crippen molar-refractivity contribution in [3.63, 3.8) is 0 Å². The normalized spacial score (nSPS) is 22.6. The summed E-state index contributed by atoms with van der Waals surface area (Å²) in [6.45, 7) is 1.85. The number of fused-ring (bicyclic) bond motifs is 1. The van der Waals surface area contributed by atoms with E-state index in [0.29, 0.717) is 30.2 Å². The minimum absolute atomic E-state index is 0.0257. The molecular formula is C18H22ClN3O3. The molecule has 2 aliphatic rings. The number of nitrogens with zero attached hydrogens (tertiary/aromatic N) is 2. The van der Waals surface area contributed by atoms with E-state index in [1.54, 1.807) is 29.2 Å². The van der Waals surface area contributed by atoms with Gasteiger partial charge in [-0.05, 0) is 37.0 Å². The molecule has 2 fully saturated rings. The molecule has 0 aliphatic carbocycles. The lowest BCUT2D eigenvalue weighted by Gasteiger charge is -2.36. The molecule has 0 spiro atoms. The average Bonchev–Trinajstić information content (AvgIpc) is 3.03. The van der Waals surface area contributed by atoms with Crippen LogP contribution in [0.25, 0.3) is 0 Å². The van der Waals surface area contributed by atoms with Crippen LogP contribution in [0, 0.1) is 5.92 Å². The number of halogens is 1. The van der Waals surface area contributed by atoms with Crippen LogP contribution in [0.15, 0.2) is 24.3 Å². The van der Waals surface area contributed by atoms with Gasteiger partial charge in [0.25, 0.3) is 5.91 Å². The third kappa shape index (κ3) is 3.95. The Morgan fingerprint density at radius 2 is 2.00 bits per heavy atom. The fraction of sp³-hybridized carbons (Fsp3) is 0.500. The summed E-state index contributed by atoms with van der Waals surface area (Å²) in [7, 11) is 0. The van der Waals surface area contributed by atoms with Crippen molar-refractivity contribution < 1.29 is 14.4 Å². The quantitative estimate of drug-likeness (QED) is 0.883. The van der Waals surface area contributed by atoms with E-state index in [2.05, 4.69) is 0 Å².